The fraction of sp³-hybridized carbons (Fsp3) is 0.267. The molecule has 0 bridgehead atoms. The Morgan fingerprint density at radius 1 is 1.00 bits per heavy atom. The van der Waals surface area contributed by atoms with Gasteiger partial charge in [0.1, 0.15) is 0 Å². The number of aromatic nitrogens is 1. The van der Waals surface area contributed by atoms with Crippen LogP contribution in [0.25, 0.3) is 0 Å². The first-order valence-corrected chi connectivity index (χ1v) is 6.16. The number of nitrogens with one attached hydrogen (secondary N) is 1. The fourth-order valence-corrected chi connectivity index (χ4v) is 1.84. The molecule has 0 saturated carbocycles. The quantitative estimate of drug-likeness (QED) is 0.811. The van der Waals surface area contributed by atoms with Crippen molar-refractivity contribution in [2.75, 3.05) is 6.54 Å². The second kappa shape index (κ2) is 6.89. The van der Waals surface area contributed by atoms with Crippen molar-refractivity contribution in [1.29, 1.82) is 0 Å². The van der Waals surface area contributed by atoms with E-state index in [1.54, 1.807) is 12.4 Å². The third-order valence-electron chi connectivity index (χ3n) is 2.77. The molecule has 1 aromatic carbocycles. The molecule has 2 rings (SSSR count). The Balaban J connectivity index is 1.71. The summed E-state index contributed by atoms with van der Waals surface area (Å²) in [4.78, 5) is 3.97. The Hall–Kier alpha value is -1.71. The predicted octanol–water partition coefficient (Wildman–Crippen LogP) is 1.77. The number of benzene rings is 1. The average Bonchev–Trinajstić information content (AvgIpc) is 2.41. The van der Waals surface area contributed by atoms with Gasteiger partial charge in [0, 0.05) is 25.5 Å². The van der Waals surface area contributed by atoms with Gasteiger partial charge in [-0.3, -0.25) is 4.98 Å². The molecule has 0 spiro atoms. The number of nitrogens with zero attached hydrogens (tertiary/aromatic N) is 1. The lowest BCUT2D eigenvalue weighted by Crippen LogP contribution is -2.28. The van der Waals surface area contributed by atoms with E-state index in [0.29, 0.717) is 13.0 Å². The Morgan fingerprint density at radius 2 is 1.72 bits per heavy atom. The standard InChI is InChI=1S/C15H18N2O/c18-15(10-13-4-2-1-3-5-13)12-17-11-14-6-8-16-9-7-14/h1-9,15,17-18H,10-12H2. The van der Waals surface area contributed by atoms with Gasteiger partial charge in [0.05, 0.1) is 6.10 Å². The maximum absolute atomic E-state index is 9.91. The van der Waals surface area contributed by atoms with Gasteiger partial charge < -0.3 is 10.4 Å². The van der Waals surface area contributed by atoms with E-state index in [1.165, 1.54) is 5.56 Å². The molecular weight excluding hydrogens is 224 g/mol. The van der Waals surface area contributed by atoms with E-state index >= 15 is 0 Å². The van der Waals surface area contributed by atoms with Crippen LogP contribution < -0.4 is 5.32 Å². The number of hydrogen-bond acceptors (Lipinski definition) is 3. The summed E-state index contributed by atoms with van der Waals surface area (Å²) < 4.78 is 0. The summed E-state index contributed by atoms with van der Waals surface area (Å²) in [6.45, 7) is 1.35. The third kappa shape index (κ3) is 4.28. The average molecular weight is 242 g/mol. The Kier molecular flexibility index (Phi) is 4.88. The van der Waals surface area contributed by atoms with Gasteiger partial charge >= 0.3 is 0 Å². The zero-order valence-electron chi connectivity index (χ0n) is 10.3. The maximum Gasteiger partial charge on any atom is 0.0704 e. The first-order chi connectivity index (χ1) is 8.84. The van der Waals surface area contributed by atoms with Crippen LogP contribution in [0, 0.1) is 0 Å². The fourth-order valence-electron chi connectivity index (χ4n) is 1.84. The largest absolute Gasteiger partial charge is 0.391 e. The smallest absolute Gasteiger partial charge is 0.0704 e. The van der Waals surface area contributed by atoms with E-state index in [2.05, 4.69) is 10.3 Å². The molecule has 0 radical (unpaired) electrons. The van der Waals surface area contributed by atoms with E-state index in [0.717, 1.165) is 12.1 Å². The molecule has 3 heteroatoms. The zero-order valence-corrected chi connectivity index (χ0v) is 10.3. The van der Waals surface area contributed by atoms with Gasteiger partial charge in [0.25, 0.3) is 0 Å². The van der Waals surface area contributed by atoms with E-state index in [9.17, 15) is 5.11 Å². The molecule has 0 aliphatic heterocycles. The van der Waals surface area contributed by atoms with E-state index in [4.69, 9.17) is 0 Å². The van der Waals surface area contributed by atoms with Crippen LogP contribution in [0.5, 0.6) is 0 Å². The summed E-state index contributed by atoms with van der Waals surface area (Å²) in [5.41, 5.74) is 2.34. The van der Waals surface area contributed by atoms with Crippen molar-refractivity contribution >= 4 is 0 Å². The minimum absolute atomic E-state index is 0.353. The second-order valence-corrected chi connectivity index (χ2v) is 4.33. The van der Waals surface area contributed by atoms with Gasteiger partial charge in [0.15, 0.2) is 0 Å². The van der Waals surface area contributed by atoms with E-state index in [1.807, 2.05) is 42.5 Å². The molecule has 1 heterocycles. The van der Waals surface area contributed by atoms with Crippen LogP contribution >= 0.6 is 0 Å². The Morgan fingerprint density at radius 3 is 2.44 bits per heavy atom. The van der Waals surface area contributed by atoms with Crippen molar-refractivity contribution in [3.8, 4) is 0 Å². The number of aliphatic hydroxyl groups is 1. The lowest BCUT2D eigenvalue weighted by molar-refractivity contribution is 0.171. The highest BCUT2D eigenvalue weighted by atomic mass is 16.3. The van der Waals surface area contributed by atoms with Crippen LogP contribution in [0.3, 0.4) is 0 Å². The summed E-state index contributed by atoms with van der Waals surface area (Å²) >= 11 is 0. The molecule has 2 aromatic rings. The van der Waals surface area contributed by atoms with Gasteiger partial charge in [-0.15, -0.1) is 0 Å². The maximum atomic E-state index is 9.91. The molecule has 1 unspecified atom stereocenters. The van der Waals surface area contributed by atoms with Gasteiger partial charge in [0.2, 0.25) is 0 Å². The second-order valence-electron chi connectivity index (χ2n) is 4.33. The van der Waals surface area contributed by atoms with Crippen LogP contribution in [0.4, 0.5) is 0 Å². The highest BCUT2D eigenvalue weighted by Gasteiger charge is 2.04. The molecule has 1 aromatic heterocycles. The van der Waals surface area contributed by atoms with Crippen LogP contribution in [0.15, 0.2) is 54.9 Å². The number of hydrogen-bond donors (Lipinski definition) is 2. The van der Waals surface area contributed by atoms with Crippen LogP contribution in [-0.4, -0.2) is 22.7 Å². The minimum Gasteiger partial charge on any atom is -0.391 e. The van der Waals surface area contributed by atoms with Crippen molar-refractivity contribution in [3.05, 3.63) is 66.0 Å². The van der Waals surface area contributed by atoms with Crippen LogP contribution in [-0.2, 0) is 13.0 Å². The summed E-state index contributed by atoms with van der Waals surface area (Å²) in [5, 5.41) is 13.1. The molecule has 3 nitrogen and oxygen atoms in total. The molecule has 1 atom stereocenters. The summed E-state index contributed by atoms with van der Waals surface area (Å²) in [6, 6.07) is 14.0. The lowest BCUT2D eigenvalue weighted by atomic mass is 10.1. The van der Waals surface area contributed by atoms with Gasteiger partial charge in [-0.2, -0.15) is 0 Å². The summed E-state index contributed by atoms with van der Waals surface area (Å²) in [6.07, 6.45) is 3.88. The molecular formula is C15H18N2O. The number of pyridine rings is 1. The zero-order chi connectivity index (χ0) is 12.6. The Bertz CT molecular complexity index is 445. The first kappa shape index (κ1) is 12.7. The van der Waals surface area contributed by atoms with Gasteiger partial charge in [-0.1, -0.05) is 30.3 Å². The van der Waals surface area contributed by atoms with Crippen molar-refractivity contribution in [2.24, 2.45) is 0 Å². The monoisotopic (exact) mass is 242 g/mol. The van der Waals surface area contributed by atoms with Crippen LogP contribution in [0.1, 0.15) is 11.1 Å². The SMILES string of the molecule is OC(CNCc1ccncc1)Cc1ccccc1. The summed E-state index contributed by atoms with van der Waals surface area (Å²) in [7, 11) is 0. The highest BCUT2D eigenvalue weighted by molar-refractivity contribution is 5.15. The topological polar surface area (TPSA) is 45.1 Å². The molecule has 0 saturated heterocycles. The first-order valence-electron chi connectivity index (χ1n) is 6.16. The third-order valence-corrected chi connectivity index (χ3v) is 2.77. The van der Waals surface area contributed by atoms with Gasteiger partial charge in [-0.25, -0.2) is 0 Å². The molecule has 2 N–H and O–H groups in total. The van der Waals surface area contributed by atoms with Crippen molar-refractivity contribution in [3.63, 3.8) is 0 Å². The lowest BCUT2D eigenvalue weighted by Gasteiger charge is -2.11. The molecule has 18 heavy (non-hydrogen) atoms. The number of aliphatic hydroxyl groups excluding tert-OH is 1. The normalized spacial score (nSPS) is 12.3. The molecule has 0 amide bonds. The molecule has 0 aliphatic rings. The van der Waals surface area contributed by atoms with Crippen molar-refractivity contribution in [2.45, 2.75) is 19.1 Å². The van der Waals surface area contributed by atoms with Crippen LogP contribution in [0.2, 0.25) is 0 Å². The van der Waals surface area contributed by atoms with Crippen molar-refractivity contribution in [1.82, 2.24) is 10.3 Å². The van der Waals surface area contributed by atoms with E-state index in [-0.39, 0.29) is 6.10 Å². The number of rotatable bonds is 6. The molecule has 0 fully saturated rings. The predicted molar refractivity (Wildman–Crippen MR) is 72.1 cm³/mol. The summed E-state index contributed by atoms with van der Waals surface area (Å²) in [5.74, 6) is 0. The highest BCUT2D eigenvalue weighted by Crippen LogP contribution is 2.02. The molecule has 94 valence electrons. The minimum atomic E-state index is -0.353. The molecule has 0 aliphatic carbocycles. The van der Waals surface area contributed by atoms with Crippen molar-refractivity contribution < 1.29 is 5.11 Å². The Labute approximate surface area is 108 Å². The van der Waals surface area contributed by atoms with Gasteiger partial charge in [-0.05, 0) is 29.7 Å². The van der Waals surface area contributed by atoms with E-state index < -0.39 is 0 Å².